The van der Waals surface area contributed by atoms with E-state index in [1.165, 1.54) is 38.0 Å². The van der Waals surface area contributed by atoms with E-state index in [2.05, 4.69) is 27.7 Å². The first-order valence-electron chi connectivity index (χ1n) is 12.2. The molecule has 1 saturated heterocycles. The van der Waals surface area contributed by atoms with E-state index in [0.717, 1.165) is 49.3 Å². The van der Waals surface area contributed by atoms with Gasteiger partial charge in [0, 0.05) is 30.9 Å². The largest absolute Gasteiger partial charge is 0.444 e. The van der Waals surface area contributed by atoms with Crippen LogP contribution in [0.3, 0.4) is 0 Å². The minimum atomic E-state index is -0.492. The van der Waals surface area contributed by atoms with E-state index >= 15 is 0 Å². The third-order valence-corrected chi connectivity index (χ3v) is 6.23. The first-order chi connectivity index (χ1) is 15.2. The highest BCUT2D eigenvalue weighted by Crippen LogP contribution is 2.29. The fourth-order valence-electron chi connectivity index (χ4n) is 4.58. The average molecular weight is 471 g/mol. The number of amides is 2. The molecule has 34 heavy (non-hydrogen) atoms. The molecular weight excluding hydrogens is 426 g/mol. The summed E-state index contributed by atoms with van der Waals surface area (Å²) < 4.78 is 5.37. The minimum absolute atomic E-state index is 0. The number of rotatable bonds is 5. The second-order valence-electron chi connectivity index (χ2n) is 10.3. The van der Waals surface area contributed by atoms with Crippen molar-refractivity contribution in [2.24, 2.45) is 0 Å². The van der Waals surface area contributed by atoms with Crippen molar-refractivity contribution >= 4 is 23.4 Å². The normalized spacial score (nSPS) is 19.2. The zero-order chi connectivity index (χ0) is 23.1. The van der Waals surface area contributed by atoms with Crippen LogP contribution < -0.4 is 15.5 Å². The Kier molecular flexibility index (Phi) is 11.9. The number of ether oxygens (including phenoxy) is 1. The molecule has 1 heterocycles. The van der Waals surface area contributed by atoms with E-state index in [1.54, 1.807) is 0 Å². The van der Waals surface area contributed by atoms with Crippen LogP contribution in [0.1, 0.15) is 84.1 Å². The van der Waals surface area contributed by atoms with Crippen molar-refractivity contribution < 1.29 is 14.3 Å². The number of carbonyl (C=O) groups excluding carboxylic acids is 2. The number of nitrogens with zero attached hydrogens (tertiary/aromatic N) is 1. The van der Waals surface area contributed by atoms with Crippen molar-refractivity contribution in [3.8, 4) is 0 Å². The number of carbonyl (C=O) groups is 2. The lowest BCUT2D eigenvalue weighted by molar-refractivity contribution is -0.116. The van der Waals surface area contributed by atoms with Gasteiger partial charge in [-0.2, -0.15) is 0 Å². The molecule has 0 aromatic heterocycles. The second-order valence-corrected chi connectivity index (χ2v) is 10.3. The van der Waals surface area contributed by atoms with Crippen LogP contribution in [-0.2, 0) is 9.53 Å². The van der Waals surface area contributed by atoms with Crippen molar-refractivity contribution in [3.63, 3.8) is 0 Å². The molecule has 2 aliphatic rings. The molecule has 2 amide bonds. The maximum atomic E-state index is 12.6. The van der Waals surface area contributed by atoms with E-state index in [9.17, 15) is 9.59 Å². The number of aryl methyl sites for hydroxylation is 1. The third-order valence-electron chi connectivity index (χ3n) is 6.23. The van der Waals surface area contributed by atoms with E-state index < -0.39 is 5.60 Å². The lowest BCUT2D eigenvalue weighted by atomic mass is 9.88. The fourth-order valence-corrected chi connectivity index (χ4v) is 4.58. The van der Waals surface area contributed by atoms with E-state index in [1.807, 2.05) is 33.8 Å². The predicted molar refractivity (Wildman–Crippen MR) is 141 cm³/mol. The Labute approximate surface area is 208 Å². The molecule has 3 rings (SSSR count). The van der Waals surface area contributed by atoms with Gasteiger partial charge in [-0.3, -0.25) is 4.79 Å². The number of anilines is 2. The topological polar surface area (TPSA) is 70.7 Å². The van der Waals surface area contributed by atoms with Gasteiger partial charge in [-0.25, -0.2) is 4.79 Å². The molecule has 1 atom stereocenters. The Hall–Kier alpha value is -2.24. The maximum absolute atomic E-state index is 12.6. The van der Waals surface area contributed by atoms with E-state index in [-0.39, 0.29) is 32.9 Å². The standard InChI is InChI=1S/C26H40N3O3.2CH2/c1-19-16-22(29-15-14-21(18-29)27-25(31)32-26(2,3)4)12-13-23(19)28-24(30)17-20-10-8-6-5-7-9-11-20;;/h12-13,16,21H,5-11,14-15,17-18H2,1-4H3,(H,27,31)(H,28,30);2*1H2. The molecule has 5 radical (unpaired) electrons. The summed E-state index contributed by atoms with van der Waals surface area (Å²) in [5.74, 6) is 1.50. The lowest BCUT2D eigenvalue weighted by Crippen LogP contribution is -2.40. The van der Waals surface area contributed by atoms with Crippen molar-refractivity contribution in [1.82, 2.24) is 5.32 Å². The number of hydrogen-bond acceptors (Lipinski definition) is 4. The molecule has 1 unspecified atom stereocenters. The Balaban J connectivity index is 0.00000289. The average Bonchev–Trinajstić information content (AvgIpc) is 3.12. The van der Waals surface area contributed by atoms with Gasteiger partial charge in [0.05, 0.1) is 6.04 Å². The predicted octanol–water partition coefficient (Wildman–Crippen LogP) is 6.40. The molecule has 1 aliphatic carbocycles. The lowest BCUT2D eigenvalue weighted by Gasteiger charge is -2.23. The minimum Gasteiger partial charge on any atom is -0.444 e. The Morgan fingerprint density at radius 3 is 2.32 bits per heavy atom. The molecule has 0 bridgehead atoms. The van der Waals surface area contributed by atoms with Gasteiger partial charge in [0.15, 0.2) is 0 Å². The molecule has 1 aromatic carbocycles. The van der Waals surface area contributed by atoms with Gasteiger partial charge >= 0.3 is 6.09 Å². The van der Waals surface area contributed by atoms with Crippen molar-refractivity contribution in [3.05, 3.63) is 44.5 Å². The number of benzene rings is 1. The molecule has 1 aliphatic heterocycles. The Bertz CT molecular complexity index is 780. The van der Waals surface area contributed by atoms with E-state index in [0.29, 0.717) is 6.42 Å². The third kappa shape index (κ3) is 9.55. The number of nitrogens with one attached hydrogen (secondary N) is 2. The molecule has 1 aromatic rings. The molecule has 1 saturated carbocycles. The highest BCUT2D eigenvalue weighted by molar-refractivity contribution is 5.92. The number of hydrogen-bond donors (Lipinski definition) is 2. The summed E-state index contributed by atoms with van der Waals surface area (Å²) in [5, 5.41) is 6.09. The van der Waals surface area contributed by atoms with Gasteiger partial charge in [0.2, 0.25) is 5.91 Å². The van der Waals surface area contributed by atoms with Crippen LogP contribution in [0.15, 0.2) is 18.2 Å². The SMILES string of the molecule is Cc1cc(N2CCC(NC(=O)OC(C)(C)C)C2)ccc1NC(=O)C[C]1CCCCCCC1.[CH2].[CH2]. The van der Waals surface area contributed by atoms with Crippen molar-refractivity contribution in [2.75, 3.05) is 23.3 Å². The summed E-state index contributed by atoms with van der Waals surface area (Å²) in [4.78, 5) is 26.9. The molecule has 6 nitrogen and oxygen atoms in total. The molecule has 2 fully saturated rings. The van der Waals surface area contributed by atoms with Gasteiger partial charge < -0.3 is 20.3 Å². The van der Waals surface area contributed by atoms with E-state index in [4.69, 9.17) is 4.74 Å². The summed E-state index contributed by atoms with van der Waals surface area (Å²) in [5.41, 5.74) is 2.56. The van der Waals surface area contributed by atoms with Crippen LogP contribution in [0.25, 0.3) is 0 Å². The molecule has 0 spiro atoms. The highest BCUT2D eigenvalue weighted by Gasteiger charge is 2.26. The first-order valence-corrected chi connectivity index (χ1v) is 12.2. The number of alkyl carbamates (subject to hydrolysis) is 1. The second kappa shape index (κ2) is 13.6. The quantitative estimate of drug-likeness (QED) is 0.522. The van der Waals surface area contributed by atoms with Gasteiger partial charge in [0.1, 0.15) is 5.60 Å². The van der Waals surface area contributed by atoms with Gasteiger partial charge in [-0.15, -0.1) is 0 Å². The summed E-state index contributed by atoms with van der Waals surface area (Å²) in [6, 6.07) is 6.25. The van der Waals surface area contributed by atoms with Crippen LogP contribution in [0.4, 0.5) is 16.2 Å². The zero-order valence-corrected chi connectivity index (χ0v) is 21.7. The Morgan fingerprint density at radius 2 is 1.71 bits per heavy atom. The van der Waals surface area contributed by atoms with Crippen LogP contribution in [0.5, 0.6) is 0 Å². The van der Waals surface area contributed by atoms with Crippen LogP contribution >= 0.6 is 0 Å². The zero-order valence-electron chi connectivity index (χ0n) is 21.7. The maximum Gasteiger partial charge on any atom is 0.407 e. The van der Waals surface area contributed by atoms with Crippen molar-refractivity contribution in [2.45, 2.75) is 97.1 Å². The molecule has 2 N–H and O–H groups in total. The van der Waals surface area contributed by atoms with Gasteiger partial charge in [-0.05, 0) is 76.6 Å². The van der Waals surface area contributed by atoms with Crippen LogP contribution in [0, 0.1) is 27.7 Å². The summed E-state index contributed by atoms with van der Waals surface area (Å²) in [7, 11) is 0. The monoisotopic (exact) mass is 470 g/mol. The summed E-state index contributed by atoms with van der Waals surface area (Å²) in [6.45, 7) is 9.27. The van der Waals surface area contributed by atoms with Crippen molar-refractivity contribution in [1.29, 1.82) is 0 Å². The summed E-state index contributed by atoms with van der Waals surface area (Å²) >= 11 is 0. The molecule has 6 heteroatoms. The van der Waals surface area contributed by atoms with Gasteiger partial charge in [-0.1, -0.05) is 47.0 Å². The van der Waals surface area contributed by atoms with Crippen LogP contribution in [0.2, 0.25) is 0 Å². The van der Waals surface area contributed by atoms with Gasteiger partial charge in [0.25, 0.3) is 0 Å². The smallest absolute Gasteiger partial charge is 0.407 e. The first kappa shape index (κ1) is 29.8. The molecular formula is C28H44N3O3. The Morgan fingerprint density at radius 1 is 1.06 bits per heavy atom. The highest BCUT2D eigenvalue weighted by atomic mass is 16.6. The fraction of sp³-hybridized carbons (Fsp3) is 0.607. The molecule has 189 valence electrons. The van der Waals surface area contributed by atoms with Crippen LogP contribution in [-0.4, -0.2) is 36.7 Å². The summed E-state index contributed by atoms with van der Waals surface area (Å²) in [6.07, 6.45) is 9.61.